The second kappa shape index (κ2) is 18.0. The molecule has 3 N–H and O–H groups in total. The number of amides is 3. The number of alkyl carbamates (subject to hydrolysis) is 1. The maximum atomic E-state index is 13.3. The molecule has 12 heteroatoms. The van der Waals surface area contributed by atoms with E-state index in [1.165, 1.54) is 7.11 Å². The van der Waals surface area contributed by atoms with Gasteiger partial charge in [0, 0.05) is 19.4 Å². The van der Waals surface area contributed by atoms with Crippen molar-refractivity contribution in [2.45, 2.75) is 105 Å². The second-order valence-electron chi connectivity index (χ2n) is 11.9. The van der Waals surface area contributed by atoms with Gasteiger partial charge in [-0.15, -0.1) is 0 Å². The van der Waals surface area contributed by atoms with E-state index in [2.05, 4.69) is 20.7 Å². The van der Waals surface area contributed by atoms with Crippen molar-refractivity contribution in [3.63, 3.8) is 0 Å². The molecule has 0 aliphatic heterocycles. The van der Waals surface area contributed by atoms with Gasteiger partial charge in [-0.2, -0.15) is 0 Å². The molecule has 12 nitrogen and oxygen atoms in total. The molecule has 0 aromatic heterocycles. The number of ether oxygens (including phenoxy) is 4. The van der Waals surface area contributed by atoms with E-state index in [9.17, 15) is 24.0 Å². The van der Waals surface area contributed by atoms with Gasteiger partial charge in [0.05, 0.1) is 13.7 Å². The molecule has 0 unspecified atom stereocenters. The average Bonchev–Trinajstić information content (AvgIpc) is 2.89. The highest BCUT2D eigenvalue weighted by Crippen LogP contribution is 2.24. The third-order valence-electron chi connectivity index (χ3n) is 6.16. The molecular formula is C31H49N3O9. The summed E-state index contributed by atoms with van der Waals surface area (Å²) < 4.78 is 20.4. The minimum atomic E-state index is -1.07. The summed E-state index contributed by atoms with van der Waals surface area (Å²) in [6.07, 6.45) is 0.885. The lowest BCUT2D eigenvalue weighted by atomic mass is 9.95. The highest BCUT2D eigenvalue weighted by atomic mass is 16.7. The molecule has 43 heavy (non-hydrogen) atoms. The third-order valence-corrected chi connectivity index (χ3v) is 6.16. The van der Waals surface area contributed by atoms with Crippen molar-refractivity contribution in [1.82, 2.24) is 16.0 Å². The quantitative estimate of drug-likeness (QED) is 0.115. The first-order chi connectivity index (χ1) is 20.0. The van der Waals surface area contributed by atoms with Gasteiger partial charge in [0.15, 0.2) is 0 Å². The molecule has 0 saturated heterocycles. The molecule has 0 bridgehead atoms. The minimum Gasteiger partial charge on any atom is -0.469 e. The van der Waals surface area contributed by atoms with E-state index in [1.54, 1.807) is 53.7 Å². The number of hydrogen-bond acceptors (Lipinski definition) is 9. The van der Waals surface area contributed by atoms with Crippen LogP contribution in [-0.2, 0) is 35.0 Å². The van der Waals surface area contributed by atoms with Crippen molar-refractivity contribution >= 4 is 30.0 Å². The molecule has 0 spiro atoms. The van der Waals surface area contributed by atoms with E-state index in [-0.39, 0.29) is 30.8 Å². The maximum Gasteiger partial charge on any atom is 0.513 e. The van der Waals surface area contributed by atoms with E-state index in [0.29, 0.717) is 31.6 Å². The number of aryl methyl sites for hydroxylation is 2. The average molecular weight is 608 g/mol. The zero-order valence-electron chi connectivity index (χ0n) is 27.0. The molecule has 1 aromatic rings. The summed E-state index contributed by atoms with van der Waals surface area (Å²) in [5.74, 6) is -0.758. The maximum absolute atomic E-state index is 13.3. The normalized spacial score (nSPS) is 12.5. The van der Waals surface area contributed by atoms with Crippen molar-refractivity contribution in [1.29, 1.82) is 0 Å². The number of benzene rings is 1. The summed E-state index contributed by atoms with van der Waals surface area (Å²) in [4.78, 5) is 61.8. The molecule has 242 valence electrons. The summed E-state index contributed by atoms with van der Waals surface area (Å²) in [6, 6.07) is 1.37. The largest absolute Gasteiger partial charge is 0.513 e. The third kappa shape index (κ3) is 15.3. The van der Waals surface area contributed by atoms with Gasteiger partial charge in [0.25, 0.3) is 0 Å². The monoisotopic (exact) mass is 607 g/mol. The molecule has 0 aliphatic rings. The Hall–Kier alpha value is -3.83. The van der Waals surface area contributed by atoms with Crippen LogP contribution in [0.1, 0.15) is 83.9 Å². The number of methoxy groups -OCH3 is 1. The van der Waals surface area contributed by atoms with E-state index in [4.69, 9.17) is 14.2 Å². The Morgan fingerprint density at radius 3 is 2.07 bits per heavy atom. The van der Waals surface area contributed by atoms with Crippen LogP contribution in [0.2, 0.25) is 0 Å². The van der Waals surface area contributed by atoms with Gasteiger partial charge in [-0.1, -0.05) is 20.3 Å². The fourth-order valence-corrected chi connectivity index (χ4v) is 3.98. The van der Waals surface area contributed by atoms with E-state index < -0.39 is 35.8 Å². The highest BCUT2D eigenvalue weighted by Gasteiger charge is 2.28. The van der Waals surface area contributed by atoms with Gasteiger partial charge >= 0.3 is 18.2 Å². The minimum absolute atomic E-state index is 0.0926. The molecule has 3 amide bonds. The predicted octanol–water partition coefficient (Wildman–Crippen LogP) is 4.26. The smallest absolute Gasteiger partial charge is 0.469 e. The van der Waals surface area contributed by atoms with E-state index in [1.807, 2.05) is 13.8 Å². The van der Waals surface area contributed by atoms with Gasteiger partial charge in [-0.05, 0) is 89.1 Å². The number of hydrogen-bond donors (Lipinski definition) is 3. The van der Waals surface area contributed by atoms with Crippen molar-refractivity contribution < 1.29 is 42.9 Å². The van der Waals surface area contributed by atoms with Gasteiger partial charge < -0.3 is 34.9 Å². The molecule has 0 aliphatic carbocycles. The summed E-state index contributed by atoms with van der Waals surface area (Å²) in [6.45, 7) is 14.7. The van der Waals surface area contributed by atoms with Crippen LogP contribution >= 0.6 is 0 Å². The van der Waals surface area contributed by atoms with Gasteiger partial charge in [0.1, 0.15) is 23.4 Å². The Labute approximate surface area is 254 Å². The summed E-state index contributed by atoms with van der Waals surface area (Å²) in [5.41, 5.74) is 1.43. The summed E-state index contributed by atoms with van der Waals surface area (Å²) in [5, 5.41) is 8.07. The summed E-state index contributed by atoms with van der Waals surface area (Å²) in [7, 11) is 1.34. The van der Waals surface area contributed by atoms with Crippen molar-refractivity contribution in [2.75, 3.05) is 20.3 Å². The molecule has 2 atom stereocenters. The molecule has 0 radical (unpaired) electrons. The Bertz CT molecular complexity index is 1090. The van der Waals surface area contributed by atoms with Crippen LogP contribution < -0.4 is 20.7 Å². The van der Waals surface area contributed by atoms with Gasteiger partial charge in [-0.3, -0.25) is 14.4 Å². The molecule has 1 rings (SSSR count). The highest BCUT2D eigenvalue weighted by molar-refractivity contribution is 5.91. The fraction of sp³-hybridized carbons (Fsp3) is 0.645. The number of unbranched alkanes of at least 4 members (excludes halogenated alkanes) is 2. The van der Waals surface area contributed by atoms with Gasteiger partial charge in [0.2, 0.25) is 11.8 Å². The van der Waals surface area contributed by atoms with Crippen LogP contribution in [-0.4, -0.2) is 68.0 Å². The second-order valence-corrected chi connectivity index (χ2v) is 11.9. The molecule has 0 fully saturated rings. The first-order valence-corrected chi connectivity index (χ1v) is 14.6. The lowest BCUT2D eigenvalue weighted by Crippen LogP contribution is -2.54. The molecular weight excluding hydrogens is 558 g/mol. The predicted molar refractivity (Wildman–Crippen MR) is 161 cm³/mol. The first-order valence-electron chi connectivity index (χ1n) is 14.6. The van der Waals surface area contributed by atoms with Crippen LogP contribution in [0.4, 0.5) is 9.59 Å². The molecule has 1 aromatic carbocycles. The Morgan fingerprint density at radius 2 is 1.51 bits per heavy atom. The number of rotatable bonds is 15. The number of carbonyl (C=O) groups is 5. The molecule has 0 saturated carbocycles. The number of carbonyl (C=O) groups excluding carboxylic acids is 5. The lowest BCUT2D eigenvalue weighted by Gasteiger charge is -2.25. The fourth-order valence-electron chi connectivity index (χ4n) is 3.98. The van der Waals surface area contributed by atoms with Crippen LogP contribution in [0.15, 0.2) is 12.1 Å². The van der Waals surface area contributed by atoms with Crippen molar-refractivity contribution in [2.24, 2.45) is 5.92 Å². The number of nitrogens with one attached hydrogen (secondary N) is 3. The van der Waals surface area contributed by atoms with Crippen LogP contribution in [0.5, 0.6) is 5.75 Å². The van der Waals surface area contributed by atoms with Crippen LogP contribution in [0.3, 0.4) is 0 Å². The van der Waals surface area contributed by atoms with Crippen molar-refractivity contribution in [3.8, 4) is 5.75 Å². The number of esters is 1. The standard InChI is InChI=1S/C31H49N3O9/c1-19(2)18-41-30(39)42-23-15-20(3)24(21(4)16-23)17-25(34-29(38)43-31(6,7)8)28(37)33-22(5)27(36)32-14-12-10-11-13-26(35)40-9/h15-16,19,22,25H,10-14,17-18H2,1-9H3,(H,32,36)(H,33,37)(H,34,38)/t22-,25+/m1/s1. The zero-order chi connectivity index (χ0) is 32.7. The Kier molecular flexibility index (Phi) is 15.5. The topological polar surface area (TPSA) is 158 Å². The summed E-state index contributed by atoms with van der Waals surface area (Å²) >= 11 is 0. The van der Waals surface area contributed by atoms with Gasteiger partial charge in [-0.25, -0.2) is 9.59 Å². The van der Waals surface area contributed by atoms with Crippen LogP contribution in [0.25, 0.3) is 0 Å². The first kappa shape index (κ1) is 37.2. The van der Waals surface area contributed by atoms with E-state index in [0.717, 1.165) is 23.1 Å². The Balaban J connectivity index is 2.94. The SMILES string of the molecule is COC(=O)CCCCCNC(=O)[C@@H](C)NC(=O)[C@H](Cc1c(C)cc(OC(=O)OCC(C)C)cc1C)NC(=O)OC(C)(C)C. The lowest BCUT2D eigenvalue weighted by molar-refractivity contribution is -0.140. The van der Waals surface area contributed by atoms with Crippen molar-refractivity contribution in [3.05, 3.63) is 28.8 Å². The van der Waals surface area contributed by atoms with E-state index >= 15 is 0 Å². The molecule has 0 heterocycles. The van der Waals surface area contributed by atoms with Crippen LogP contribution in [0, 0.1) is 19.8 Å². The zero-order valence-corrected chi connectivity index (χ0v) is 27.0. The Morgan fingerprint density at radius 1 is 0.884 bits per heavy atom.